The second-order valence-electron chi connectivity index (χ2n) is 11.9. The smallest absolute Gasteiger partial charge is 0.405 e. The van der Waals surface area contributed by atoms with Crippen molar-refractivity contribution in [1.29, 1.82) is 0 Å². The number of aliphatic hydroxyl groups excluding tert-OH is 1. The molecular weight excluding hydrogens is 624 g/mol. The minimum atomic E-state index is -1.01. The van der Waals surface area contributed by atoms with Gasteiger partial charge in [0.1, 0.15) is 6.10 Å². The third-order valence-electron chi connectivity index (χ3n) is 7.98. The third-order valence-corrected chi connectivity index (χ3v) is 7.98. The number of hydrogen-bond acceptors (Lipinski definition) is 12. The van der Waals surface area contributed by atoms with Crippen LogP contribution in [0.1, 0.15) is 40.5 Å². The van der Waals surface area contributed by atoms with Gasteiger partial charge in [-0.15, -0.1) is 0 Å². The highest BCUT2D eigenvalue weighted by molar-refractivity contribution is 6.23. The number of aliphatic hydroxyl groups is 1. The molecule has 2 amide bonds. The van der Waals surface area contributed by atoms with Crippen LogP contribution in [0.2, 0.25) is 0 Å². The Morgan fingerprint density at radius 2 is 1.75 bits per heavy atom. The van der Waals surface area contributed by atoms with Crippen LogP contribution in [0.15, 0.2) is 58.5 Å². The van der Waals surface area contributed by atoms with Gasteiger partial charge in [0.05, 0.1) is 50.0 Å². The average molecular weight is 677 g/mol. The van der Waals surface area contributed by atoms with Crippen LogP contribution in [0.5, 0.6) is 0 Å². The van der Waals surface area contributed by atoms with Gasteiger partial charge < -0.3 is 50.9 Å². The summed E-state index contributed by atoms with van der Waals surface area (Å²) in [6, 6.07) is 0. The van der Waals surface area contributed by atoms with Crippen molar-refractivity contribution in [2.24, 2.45) is 23.3 Å². The summed E-state index contributed by atoms with van der Waals surface area (Å²) in [4.78, 5) is 52.0. The van der Waals surface area contributed by atoms with Crippen molar-refractivity contribution in [3.63, 3.8) is 0 Å². The minimum absolute atomic E-state index is 0.126. The standard InChI is InChI=1S/C34H52N4O10/c1-20-16-24-29(37-11-13-47-15-14-46-12-10-35)26(39)19-25(31(24)41)38-33(42)21(2)8-7-9-27(44-5)32(48-34(36)43)23(4)18-22(3)30(40)28(17-20)45-6/h7-9,18-20,22,27-28,30,32,37,40H,10-17,35H2,1-6H3,(H2,36,43)(H,38,42)/b9-7-,21-8+,23-18+/t20-,22+,27+,28+,30-,32+/m0/s1. The monoisotopic (exact) mass is 676 g/mol. The Hall–Kier alpha value is -3.66. The van der Waals surface area contributed by atoms with E-state index in [1.807, 2.05) is 6.92 Å². The lowest BCUT2D eigenvalue weighted by Gasteiger charge is -2.30. The summed E-state index contributed by atoms with van der Waals surface area (Å²) >= 11 is 0. The maximum Gasteiger partial charge on any atom is 0.405 e. The number of nitrogens with two attached hydrogens (primary N) is 2. The minimum Gasteiger partial charge on any atom is -0.439 e. The number of methoxy groups -OCH3 is 2. The van der Waals surface area contributed by atoms with E-state index in [0.29, 0.717) is 38.4 Å². The number of Topliss-reactive ketones (excluding diaryl/α,β-unsaturated/α-hetero) is 1. The highest BCUT2D eigenvalue weighted by Gasteiger charge is 2.33. The van der Waals surface area contributed by atoms with Crippen LogP contribution in [-0.2, 0) is 38.1 Å². The maximum atomic E-state index is 13.8. The molecule has 0 aromatic carbocycles. The number of amides is 2. The van der Waals surface area contributed by atoms with E-state index in [1.54, 1.807) is 39.0 Å². The van der Waals surface area contributed by atoms with Crippen LogP contribution in [0.4, 0.5) is 4.79 Å². The van der Waals surface area contributed by atoms with Gasteiger partial charge in [0, 0.05) is 50.4 Å². The molecule has 0 aromatic rings. The molecule has 7 N–H and O–H groups in total. The van der Waals surface area contributed by atoms with Crippen LogP contribution in [-0.4, -0.2) is 107 Å². The van der Waals surface area contributed by atoms with Crippen LogP contribution in [0.3, 0.4) is 0 Å². The average Bonchev–Trinajstić information content (AvgIpc) is 3.04. The topological polar surface area (TPSA) is 211 Å². The normalized spacial score (nSPS) is 29.2. The molecule has 0 unspecified atom stereocenters. The molecule has 14 nitrogen and oxygen atoms in total. The first-order chi connectivity index (χ1) is 22.8. The molecule has 1 aliphatic heterocycles. The number of carbonyl (C=O) groups excluding carboxylic acids is 4. The van der Waals surface area contributed by atoms with Crippen molar-refractivity contribution in [3.8, 4) is 0 Å². The van der Waals surface area contributed by atoms with Crippen molar-refractivity contribution in [2.75, 3.05) is 53.7 Å². The Balaban J connectivity index is 2.47. The first-order valence-electron chi connectivity index (χ1n) is 16.0. The molecule has 0 spiro atoms. The number of ketones is 2. The fourth-order valence-electron chi connectivity index (χ4n) is 5.43. The van der Waals surface area contributed by atoms with Crippen molar-refractivity contribution >= 4 is 23.6 Å². The van der Waals surface area contributed by atoms with Crippen LogP contribution in [0.25, 0.3) is 0 Å². The van der Waals surface area contributed by atoms with Crippen molar-refractivity contribution in [1.82, 2.24) is 10.6 Å². The van der Waals surface area contributed by atoms with Gasteiger partial charge in [-0.2, -0.15) is 0 Å². The Kier molecular flexibility index (Phi) is 17.4. The summed E-state index contributed by atoms with van der Waals surface area (Å²) in [5.74, 6) is -2.26. The van der Waals surface area contributed by atoms with E-state index in [1.165, 1.54) is 20.3 Å². The van der Waals surface area contributed by atoms with E-state index in [-0.39, 0.29) is 48.0 Å². The number of carbonyl (C=O) groups is 4. The summed E-state index contributed by atoms with van der Waals surface area (Å²) in [5, 5.41) is 16.9. The second kappa shape index (κ2) is 20.6. The zero-order chi connectivity index (χ0) is 35.8. The molecule has 1 heterocycles. The number of rotatable bonds is 12. The quantitative estimate of drug-likeness (QED) is 0.113. The van der Waals surface area contributed by atoms with Crippen molar-refractivity contribution in [2.45, 2.75) is 65.0 Å². The number of allylic oxidation sites excluding steroid dienone is 4. The number of ether oxygens (including phenoxy) is 5. The fourth-order valence-corrected chi connectivity index (χ4v) is 5.43. The molecule has 2 aliphatic rings. The Bertz CT molecular complexity index is 1290. The highest BCUT2D eigenvalue weighted by atomic mass is 16.6. The summed E-state index contributed by atoms with van der Waals surface area (Å²) in [5.41, 5.74) is 11.8. The number of hydrogen-bond donors (Lipinski definition) is 5. The van der Waals surface area contributed by atoms with Gasteiger partial charge in [-0.05, 0) is 38.2 Å². The molecule has 0 radical (unpaired) electrons. The van der Waals surface area contributed by atoms with E-state index in [9.17, 15) is 24.3 Å². The van der Waals surface area contributed by atoms with Crippen LogP contribution >= 0.6 is 0 Å². The Labute approximate surface area is 282 Å². The van der Waals surface area contributed by atoms with E-state index in [0.717, 1.165) is 6.08 Å². The van der Waals surface area contributed by atoms with Gasteiger partial charge in [-0.1, -0.05) is 38.2 Å². The van der Waals surface area contributed by atoms with Gasteiger partial charge in [-0.3, -0.25) is 14.4 Å². The molecule has 2 rings (SSSR count). The zero-order valence-corrected chi connectivity index (χ0v) is 28.8. The number of fused-ring (bicyclic) bond motifs is 2. The SMILES string of the molecule is CO[C@@H]1/C=C\C=C(/C)C(=O)NC2=CC(=O)C(NCCOCCOCCN)=C(C[C@H](C)C[C@@H](OC)[C@@H](O)[C@H](C)/C=C(\C)[C@H]1OC(N)=O)C2=O. The van der Waals surface area contributed by atoms with E-state index >= 15 is 0 Å². The summed E-state index contributed by atoms with van der Waals surface area (Å²) in [6.07, 6.45) is 3.61. The number of primary amides is 1. The first-order valence-corrected chi connectivity index (χ1v) is 16.0. The summed E-state index contributed by atoms with van der Waals surface area (Å²) in [7, 11) is 2.91. The van der Waals surface area contributed by atoms with Gasteiger partial charge in [0.25, 0.3) is 5.91 Å². The van der Waals surface area contributed by atoms with Gasteiger partial charge in [-0.25, -0.2) is 4.79 Å². The maximum absolute atomic E-state index is 13.8. The lowest BCUT2D eigenvalue weighted by Crippen LogP contribution is -2.38. The molecular formula is C34H52N4O10. The lowest BCUT2D eigenvalue weighted by atomic mass is 9.85. The molecule has 0 aromatic heterocycles. The van der Waals surface area contributed by atoms with Gasteiger partial charge in [0.2, 0.25) is 11.6 Å². The second-order valence-corrected chi connectivity index (χ2v) is 11.9. The largest absolute Gasteiger partial charge is 0.439 e. The van der Waals surface area contributed by atoms with Crippen molar-refractivity contribution < 1.29 is 48.0 Å². The summed E-state index contributed by atoms with van der Waals surface area (Å²) in [6.45, 7) is 9.03. The molecule has 0 saturated carbocycles. The van der Waals surface area contributed by atoms with Gasteiger partial charge >= 0.3 is 6.09 Å². The molecule has 0 fully saturated rings. The zero-order valence-electron chi connectivity index (χ0n) is 28.8. The highest BCUT2D eigenvalue weighted by Crippen LogP contribution is 2.28. The molecule has 6 atom stereocenters. The van der Waals surface area contributed by atoms with E-state index in [4.69, 9.17) is 35.2 Å². The molecule has 48 heavy (non-hydrogen) atoms. The van der Waals surface area contributed by atoms with E-state index < -0.39 is 53.9 Å². The van der Waals surface area contributed by atoms with E-state index in [2.05, 4.69) is 10.6 Å². The predicted octanol–water partition coefficient (Wildman–Crippen LogP) is 1.34. The summed E-state index contributed by atoms with van der Waals surface area (Å²) < 4.78 is 27.5. The van der Waals surface area contributed by atoms with Crippen molar-refractivity contribution in [3.05, 3.63) is 58.5 Å². The van der Waals surface area contributed by atoms with Crippen LogP contribution in [0, 0.1) is 11.8 Å². The number of nitrogens with one attached hydrogen (secondary N) is 2. The first kappa shape index (κ1) is 40.5. The molecule has 268 valence electrons. The predicted molar refractivity (Wildman–Crippen MR) is 178 cm³/mol. The third kappa shape index (κ3) is 12.4. The molecule has 14 heteroatoms. The van der Waals surface area contributed by atoms with Gasteiger partial charge in [0.15, 0.2) is 6.10 Å². The Morgan fingerprint density at radius 1 is 1.06 bits per heavy atom. The lowest BCUT2D eigenvalue weighted by molar-refractivity contribution is -0.120. The fraction of sp³-hybridized carbons (Fsp3) is 0.588. The molecule has 0 saturated heterocycles. The Morgan fingerprint density at radius 3 is 2.38 bits per heavy atom. The van der Waals surface area contributed by atoms with Crippen LogP contribution < -0.4 is 22.1 Å². The molecule has 2 bridgehead atoms. The molecule has 1 aliphatic carbocycles.